The van der Waals surface area contributed by atoms with E-state index in [1.807, 2.05) is 4.90 Å². The Morgan fingerprint density at radius 1 is 1.05 bits per heavy atom. The summed E-state index contributed by atoms with van der Waals surface area (Å²) in [6, 6.07) is 10.5. The minimum atomic E-state index is -0.400. The SMILES string of the molecule is C[C@@H]1CN(c2cc(F)c(-c3cnc(N4CCOCC4)nc3)cc2NC(=O)c2cccc(Cl)c2)C[C@H](C)N1C. The van der Waals surface area contributed by atoms with Crippen molar-refractivity contribution in [1.82, 2.24) is 14.9 Å². The number of likely N-dealkylation sites (N-methyl/N-ethyl adjacent to an activating group) is 1. The fourth-order valence-electron chi connectivity index (χ4n) is 4.96. The first-order valence-corrected chi connectivity index (χ1v) is 13.2. The number of ether oxygens (including phenoxy) is 1. The monoisotopic (exact) mass is 538 g/mol. The summed E-state index contributed by atoms with van der Waals surface area (Å²) in [5.41, 5.74) is 2.43. The average Bonchev–Trinajstić information content (AvgIpc) is 2.93. The van der Waals surface area contributed by atoms with Crippen LogP contribution in [0, 0.1) is 5.82 Å². The molecule has 10 heteroatoms. The first-order chi connectivity index (χ1) is 18.3. The number of hydrogen-bond acceptors (Lipinski definition) is 7. The van der Waals surface area contributed by atoms with Crippen LogP contribution in [0.1, 0.15) is 24.2 Å². The number of halogens is 2. The van der Waals surface area contributed by atoms with Gasteiger partial charge in [-0.05, 0) is 51.2 Å². The van der Waals surface area contributed by atoms with Gasteiger partial charge in [-0.2, -0.15) is 0 Å². The van der Waals surface area contributed by atoms with Crippen LogP contribution in [0.5, 0.6) is 0 Å². The van der Waals surface area contributed by atoms with E-state index in [0.717, 1.165) is 0 Å². The molecule has 1 aromatic heterocycles. The highest BCUT2D eigenvalue weighted by Crippen LogP contribution is 2.36. The summed E-state index contributed by atoms with van der Waals surface area (Å²) in [6.45, 7) is 8.37. The van der Waals surface area contributed by atoms with Crippen LogP contribution in [0.2, 0.25) is 5.02 Å². The minimum Gasteiger partial charge on any atom is -0.378 e. The smallest absolute Gasteiger partial charge is 0.255 e. The molecule has 200 valence electrons. The molecule has 3 heterocycles. The summed E-state index contributed by atoms with van der Waals surface area (Å²) in [5, 5.41) is 3.48. The quantitative estimate of drug-likeness (QED) is 0.510. The summed E-state index contributed by atoms with van der Waals surface area (Å²) in [7, 11) is 2.10. The van der Waals surface area contributed by atoms with Gasteiger partial charge in [0.05, 0.1) is 24.6 Å². The Kier molecular flexibility index (Phi) is 7.78. The number of anilines is 3. The van der Waals surface area contributed by atoms with Gasteiger partial charge in [0.2, 0.25) is 5.95 Å². The number of rotatable bonds is 5. The number of aromatic nitrogens is 2. The van der Waals surface area contributed by atoms with Crippen molar-refractivity contribution in [1.29, 1.82) is 0 Å². The molecule has 8 nitrogen and oxygen atoms in total. The number of morpholine rings is 1. The van der Waals surface area contributed by atoms with E-state index in [1.54, 1.807) is 42.7 Å². The van der Waals surface area contributed by atoms with Gasteiger partial charge >= 0.3 is 0 Å². The molecule has 1 amide bonds. The third-order valence-electron chi connectivity index (χ3n) is 7.36. The van der Waals surface area contributed by atoms with Crippen LogP contribution in [0.3, 0.4) is 0 Å². The van der Waals surface area contributed by atoms with Crippen LogP contribution in [0.25, 0.3) is 11.1 Å². The van der Waals surface area contributed by atoms with E-state index in [9.17, 15) is 4.79 Å². The lowest BCUT2D eigenvalue weighted by Gasteiger charge is -2.44. The molecule has 0 aliphatic carbocycles. The molecular weight excluding hydrogens is 507 g/mol. The third-order valence-corrected chi connectivity index (χ3v) is 7.60. The Hall–Kier alpha value is -3.27. The van der Waals surface area contributed by atoms with Gasteiger partial charge in [-0.1, -0.05) is 17.7 Å². The summed E-state index contributed by atoms with van der Waals surface area (Å²) in [4.78, 5) is 28.6. The molecule has 0 spiro atoms. The fraction of sp³-hybridized carbons (Fsp3) is 0.393. The van der Waals surface area contributed by atoms with Crippen LogP contribution in [-0.4, -0.2) is 79.3 Å². The van der Waals surface area contributed by atoms with Gasteiger partial charge in [0.15, 0.2) is 0 Å². The number of piperazine rings is 1. The molecule has 0 unspecified atom stereocenters. The molecule has 38 heavy (non-hydrogen) atoms. The number of nitrogens with one attached hydrogen (secondary N) is 1. The molecule has 2 atom stereocenters. The molecule has 2 fully saturated rings. The fourth-order valence-corrected chi connectivity index (χ4v) is 5.15. The van der Waals surface area contributed by atoms with E-state index in [4.69, 9.17) is 16.3 Å². The van der Waals surface area contributed by atoms with Crippen LogP contribution >= 0.6 is 11.6 Å². The van der Waals surface area contributed by atoms with Crippen molar-refractivity contribution in [3.8, 4) is 11.1 Å². The van der Waals surface area contributed by atoms with Crippen molar-refractivity contribution in [2.45, 2.75) is 25.9 Å². The predicted octanol–water partition coefficient (Wildman–Crippen LogP) is 4.55. The molecule has 0 radical (unpaired) electrons. The lowest BCUT2D eigenvalue weighted by Crippen LogP contribution is -2.55. The predicted molar refractivity (Wildman–Crippen MR) is 149 cm³/mol. The second kappa shape index (κ2) is 11.2. The van der Waals surface area contributed by atoms with Crippen molar-refractivity contribution in [3.05, 3.63) is 65.2 Å². The van der Waals surface area contributed by atoms with Crippen LogP contribution in [0.15, 0.2) is 48.8 Å². The van der Waals surface area contributed by atoms with Crippen molar-refractivity contribution < 1.29 is 13.9 Å². The molecule has 2 saturated heterocycles. The molecule has 0 bridgehead atoms. The first-order valence-electron chi connectivity index (χ1n) is 12.8. The maximum Gasteiger partial charge on any atom is 0.255 e. The van der Waals surface area contributed by atoms with Crippen molar-refractivity contribution in [2.24, 2.45) is 0 Å². The Morgan fingerprint density at radius 3 is 2.39 bits per heavy atom. The topological polar surface area (TPSA) is 73.8 Å². The zero-order valence-electron chi connectivity index (χ0n) is 21.8. The van der Waals surface area contributed by atoms with E-state index < -0.39 is 5.82 Å². The highest BCUT2D eigenvalue weighted by atomic mass is 35.5. The molecule has 1 N–H and O–H groups in total. The van der Waals surface area contributed by atoms with Crippen LogP contribution < -0.4 is 15.1 Å². The standard InChI is InChI=1S/C28H32ClFN6O2/c1-18-16-36(17-19(2)34(18)3)26-13-24(30)23(12-25(26)33-27(37)20-5-4-6-22(29)11-20)21-14-31-28(32-15-21)35-7-9-38-10-8-35/h4-6,11-15,18-19H,7-10,16-17H2,1-3H3,(H,33,37)/t18-,19+. The normalized spacial score (nSPS) is 20.4. The Morgan fingerprint density at radius 2 is 1.74 bits per heavy atom. The first kappa shape index (κ1) is 26.3. The molecule has 5 rings (SSSR count). The largest absolute Gasteiger partial charge is 0.378 e. The van der Waals surface area contributed by atoms with E-state index >= 15 is 4.39 Å². The summed E-state index contributed by atoms with van der Waals surface area (Å²) in [5.74, 6) is -0.132. The Bertz CT molecular complexity index is 1290. The maximum atomic E-state index is 15.7. The maximum absolute atomic E-state index is 15.7. The van der Waals surface area contributed by atoms with Crippen molar-refractivity contribution in [2.75, 3.05) is 61.6 Å². The van der Waals surface area contributed by atoms with Gasteiger partial charge in [0, 0.05) is 72.4 Å². The van der Waals surface area contributed by atoms with Gasteiger partial charge < -0.3 is 19.9 Å². The lowest BCUT2D eigenvalue weighted by atomic mass is 10.0. The number of benzene rings is 2. The number of hydrogen-bond donors (Lipinski definition) is 1. The van der Waals surface area contributed by atoms with Gasteiger partial charge in [-0.25, -0.2) is 14.4 Å². The summed E-state index contributed by atoms with van der Waals surface area (Å²) in [6.07, 6.45) is 3.25. The summed E-state index contributed by atoms with van der Waals surface area (Å²) >= 11 is 6.12. The second-order valence-electron chi connectivity index (χ2n) is 9.95. The zero-order chi connectivity index (χ0) is 26.8. The Balaban J connectivity index is 1.50. The molecule has 3 aromatic rings. The second-order valence-corrected chi connectivity index (χ2v) is 10.4. The number of carbonyl (C=O) groups is 1. The van der Waals surface area contributed by atoms with Crippen molar-refractivity contribution in [3.63, 3.8) is 0 Å². The van der Waals surface area contributed by atoms with Gasteiger partial charge in [-0.15, -0.1) is 0 Å². The molecule has 0 saturated carbocycles. The third kappa shape index (κ3) is 5.60. The zero-order valence-corrected chi connectivity index (χ0v) is 22.6. The molecular formula is C28H32ClFN6O2. The Labute approximate surface area is 227 Å². The molecule has 2 aromatic carbocycles. The highest BCUT2D eigenvalue weighted by Gasteiger charge is 2.29. The van der Waals surface area contributed by atoms with E-state index in [2.05, 4.69) is 46.0 Å². The van der Waals surface area contributed by atoms with Gasteiger partial charge in [0.25, 0.3) is 5.91 Å². The van der Waals surface area contributed by atoms with E-state index in [0.29, 0.717) is 78.4 Å². The van der Waals surface area contributed by atoms with Gasteiger partial charge in [-0.3, -0.25) is 9.69 Å². The summed E-state index contributed by atoms with van der Waals surface area (Å²) < 4.78 is 21.1. The van der Waals surface area contributed by atoms with Crippen LogP contribution in [-0.2, 0) is 4.74 Å². The lowest BCUT2D eigenvalue weighted by molar-refractivity contribution is 0.102. The van der Waals surface area contributed by atoms with E-state index in [1.165, 1.54) is 6.07 Å². The number of amides is 1. The molecule has 2 aliphatic heterocycles. The minimum absolute atomic E-state index is 0.263. The average molecular weight is 539 g/mol. The van der Waals surface area contributed by atoms with Gasteiger partial charge in [0.1, 0.15) is 5.82 Å². The van der Waals surface area contributed by atoms with Crippen molar-refractivity contribution >= 4 is 34.8 Å². The number of nitrogens with zero attached hydrogens (tertiary/aromatic N) is 5. The molecule has 2 aliphatic rings. The van der Waals surface area contributed by atoms with Crippen LogP contribution in [0.4, 0.5) is 21.7 Å². The van der Waals surface area contributed by atoms with E-state index in [-0.39, 0.29) is 18.0 Å². The number of carbonyl (C=O) groups excluding carboxylic acids is 1. The highest BCUT2D eigenvalue weighted by molar-refractivity contribution is 6.31.